The van der Waals surface area contributed by atoms with Gasteiger partial charge in [0.15, 0.2) is 0 Å². The van der Waals surface area contributed by atoms with Crippen LogP contribution < -0.4 is 5.73 Å². The van der Waals surface area contributed by atoms with Crippen molar-refractivity contribution < 1.29 is 4.79 Å². The topological polar surface area (TPSA) is 60.9 Å². The zero-order valence-electron chi connectivity index (χ0n) is 10.0. The molecule has 4 nitrogen and oxygen atoms in total. The quantitative estimate of drug-likeness (QED) is 0.846. The van der Waals surface area contributed by atoms with Crippen molar-refractivity contribution in [1.29, 1.82) is 0 Å². The second-order valence-corrected chi connectivity index (χ2v) is 4.18. The first-order valence-electron chi connectivity index (χ1n) is 5.84. The minimum atomic E-state index is 0.203. The fourth-order valence-electron chi connectivity index (χ4n) is 1.92. The Morgan fingerprint density at radius 2 is 2.18 bits per heavy atom. The number of ketones is 1. The van der Waals surface area contributed by atoms with Crippen molar-refractivity contribution in [3.05, 3.63) is 30.1 Å². The summed E-state index contributed by atoms with van der Waals surface area (Å²) in [7, 11) is 1.95. The highest BCUT2D eigenvalue weighted by molar-refractivity contribution is 5.82. The third kappa shape index (κ3) is 2.53. The number of imidazole rings is 1. The summed E-state index contributed by atoms with van der Waals surface area (Å²) in [6, 6.07) is 7.90. The van der Waals surface area contributed by atoms with E-state index in [-0.39, 0.29) is 5.78 Å². The second-order valence-electron chi connectivity index (χ2n) is 4.18. The number of nitrogens with zero attached hydrogens (tertiary/aromatic N) is 2. The van der Waals surface area contributed by atoms with Crippen LogP contribution in [0.1, 0.15) is 18.7 Å². The number of Topliss-reactive ketones (excluding diaryl/α,β-unsaturated/α-hetero) is 1. The van der Waals surface area contributed by atoms with Crippen molar-refractivity contribution >= 4 is 16.8 Å². The van der Waals surface area contributed by atoms with Gasteiger partial charge in [0.25, 0.3) is 0 Å². The number of aryl methyl sites for hydroxylation is 1. The first kappa shape index (κ1) is 11.8. The highest BCUT2D eigenvalue weighted by atomic mass is 16.1. The van der Waals surface area contributed by atoms with Gasteiger partial charge in [-0.2, -0.15) is 0 Å². The number of fused-ring (bicyclic) bond motifs is 1. The number of aromatic nitrogens is 2. The Hall–Kier alpha value is -1.68. The van der Waals surface area contributed by atoms with E-state index in [1.54, 1.807) is 0 Å². The predicted molar refractivity (Wildman–Crippen MR) is 67.7 cm³/mol. The number of hydrogen-bond donors (Lipinski definition) is 1. The van der Waals surface area contributed by atoms with E-state index in [1.807, 2.05) is 35.9 Å². The van der Waals surface area contributed by atoms with Crippen LogP contribution in [-0.4, -0.2) is 21.9 Å². The monoisotopic (exact) mass is 231 g/mol. The van der Waals surface area contributed by atoms with Crippen molar-refractivity contribution in [3.63, 3.8) is 0 Å². The fraction of sp³-hybridized carbons (Fsp3) is 0.385. The van der Waals surface area contributed by atoms with E-state index < -0.39 is 0 Å². The molecule has 0 saturated carbocycles. The summed E-state index contributed by atoms with van der Waals surface area (Å²) >= 11 is 0. The molecule has 1 heterocycles. The number of para-hydroxylation sites is 2. The molecule has 0 saturated heterocycles. The molecule has 4 heteroatoms. The molecule has 0 spiro atoms. The molecule has 0 aliphatic rings. The summed E-state index contributed by atoms with van der Waals surface area (Å²) in [5.41, 5.74) is 7.39. The lowest BCUT2D eigenvalue weighted by molar-refractivity contribution is -0.118. The molecular weight excluding hydrogens is 214 g/mol. The highest BCUT2D eigenvalue weighted by Crippen LogP contribution is 2.15. The molecule has 0 aliphatic carbocycles. The van der Waals surface area contributed by atoms with Crippen LogP contribution in [0.25, 0.3) is 11.0 Å². The molecule has 1 aromatic carbocycles. The van der Waals surface area contributed by atoms with Crippen molar-refractivity contribution in [3.8, 4) is 0 Å². The van der Waals surface area contributed by atoms with Crippen LogP contribution >= 0.6 is 0 Å². The summed E-state index contributed by atoms with van der Waals surface area (Å²) in [5, 5.41) is 0. The second kappa shape index (κ2) is 5.10. The maximum Gasteiger partial charge on any atom is 0.140 e. The van der Waals surface area contributed by atoms with Crippen molar-refractivity contribution in [2.75, 3.05) is 6.54 Å². The van der Waals surface area contributed by atoms with Gasteiger partial charge in [-0.25, -0.2) is 4.98 Å². The van der Waals surface area contributed by atoms with Gasteiger partial charge in [-0.05, 0) is 25.1 Å². The maximum atomic E-state index is 11.7. The molecule has 2 N–H and O–H groups in total. The SMILES string of the molecule is Cn1c(CC(=O)CCCN)nc2ccccc21. The molecule has 0 atom stereocenters. The van der Waals surface area contributed by atoms with Crippen LogP contribution in [0.15, 0.2) is 24.3 Å². The Labute approximate surface area is 100 Å². The predicted octanol–water partition coefficient (Wildman–Crippen LogP) is 1.42. The summed E-state index contributed by atoms with van der Waals surface area (Å²) in [5.74, 6) is 1.03. The molecule has 2 aromatic rings. The van der Waals surface area contributed by atoms with E-state index in [1.165, 1.54) is 0 Å². The summed E-state index contributed by atoms with van der Waals surface area (Å²) in [6.07, 6.45) is 1.69. The van der Waals surface area contributed by atoms with Crippen molar-refractivity contribution in [2.24, 2.45) is 12.8 Å². The van der Waals surface area contributed by atoms with Gasteiger partial charge in [0, 0.05) is 13.5 Å². The Morgan fingerprint density at radius 1 is 1.41 bits per heavy atom. The van der Waals surface area contributed by atoms with Gasteiger partial charge < -0.3 is 10.3 Å². The number of carbonyl (C=O) groups excluding carboxylic acids is 1. The Kier molecular flexibility index (Phi) is 3.54. The molecule has 0 fully saturated rings. The normalized spacial score (nSPS) is 10.9. The summed E-state index contributed by atoms with van der Waals surface area (Å²) in [6.45, 7) is 0.564. The first-order valence-corrected chi connectivity index (χ1v) is 5.84. The number of benzene rings is 1. The van der Waals surface area contributed by atoms with E-state index in [4.69, 9.17) is 5.73 Å². The molecule has 0 aliphatic heterocycles. The van der Waals surface area contributed by atoms with Crippen LogP contribution in [-0.2, 0) is 18.3 Å². The zero-order valence-corrected chi connectivity index (χ0v) is 10.0. The maximum absolute atomic E-state index is 11.7. The van der Waals surface area contributed by atoms with Gasteiger partial charge in [-0.15, -0.1) is 0 Å². The Balaban J connectivity index is 2.19. The van der Waals surface area contributed by atoms with Gasteiger partial charge in [0.1, 0.15) is 11.6 Å². The molecule has 0 radical (unpaired) electrons. The van der Waals surface area contributed by atoms with Crippen molar-refractivity contribution in [2.45, 2.75) is 19.3 Å². The smallest absolute Gasteiger partial charge is 0.140 e. The number of carbonyl (C=O) groups is 1. The minimum Gasteiger partial charge on any atom is -0.331 e. The number of rotatable bonds is 5. The van der Waals surface area contributed by atoms with Gasteiger partial charge in [0.2, 0.25) is 0 Å². The summed E-state index contributed by atoms with van der Waals surface area (Å²) in [4.78, 5) is 16.2. The van der Waals surface area contributed by atoms with Gasteiger partial charge >= 0.3 is 0 Å². The fourth-order valence-corrected chi connectivity index (χ4v) is 1.92. The average molecular weight is 231 g/mol. The molecule has 2 rings (SSSR count). The van der Waals surface area contributed by atoms with Gasteiger partial charge in [-0.1, -0.05) is 12.1 Å². The Bertz CT molecular complexity index is 530. The lowest BCUT2D eigenvalue weighted by atomic mass is 10.1. The molecule has 0 bridgehead atoms. The third-order valence-corrected chi connectivity index (χ3v) is 2.89. The molecule has 0 unspecified atom stereocenters. The van der Waals surface area contributed by atoms with Crippen LogP contribution in [0.3, 0.4) is 0 Å². The number of nitrogens with two attached hydrogens (primary N) is 1. The van der Waals surface area contributed by atoms with Crippen LogP contribution in [0.2, 0.25) is 0 Å². The molecular formula is C13H17N3O. The van der Waals surface area contributed by atoms with E-state index in [0.717, 1.165) is 23.3 Å². The first-order chi connectivity index (χ1) is 8.22. The minimum absolute atomic E-state index is 0.203. The lowest BCUT2D eigenvalue weighted by Gasteiger charge is -2.01. The van der Waals surface area contributed by atoms with Crippen LogP contribution in [0.4, 0.5) is 0 Å². The van der Waals surface area contributed by atoms with Crippen molar-refractivity contribution in [1.82, 2.24) is 9.55 Å². The Morgan fingerprint density at radius 3 is 2.88 bits per heavy atom. The zero-order chi connectivity index (χ0) is 12.3. The standard InChI is InChI=1S/C13H17N3O/c1-16-12-7-3-2-6-11(12)15-13(16)9-10(17)5-4-8-14/h2-3,6-7H,4-5,8-9,14H2,1H3. The van der Waals surface area contributed by atoms with Gasteiger partial charge in [0.05, 0.1) is 17.5 Å². The van der Waals surface area contributed by atoms with Gasteiger partial charge in [-0.3, -0.25) is 4.79 Å². The average Bonchev–Trinajstić information content (AvgIpc) is 2.64. The summed E-state index contributed by atoms with van der Waals surface area (Å²) < 4.78 is 1.98. The molecule has 17 heavy (non-hydrogen) atoms. The van der Waals surface area contributed by atoms with E-state index >= 15 is 0 Å². The van der Waals surface area contributed by atoms with E-state index in [0.29, 0.717) is 19.4 Å². The van der Waals surface area contributed by atoms with Crippen LogP contribution in [0, 0.1) is 0 Å². The highest BCUT2D eigenvalue weighted by Gasteiger charge is 2.10. The molecule has 90 valence electrons. The van der Waals surface area contributed by atoms with Crippen LogP contribution in [0.5, 0.6) is 0 Å². The largest absolute Gasteiger partial charge is 0.331 e. The third-order valence-electron chi connectivity index (χ3n) is 2.89. The lowest BCUT2D eigenvalue weighted by Crippen LogP contribution is -2.10. The van der Waals surface area contributed by atoms with E-state index in [2.05, 4.69) is 4.98 Å². The molecule has 1 aromatic heterocycles. The van der Waals surface area contributed by atoms with E-state index in [9.17, 15) is 4.79 Å². The number of hydrogen-bond acceptors (Lipinski definition) is 3. The molecule has 0 amide bonds.